The maximum absolute atomic E-state index is 10.7. The number of hydrogen-bond acceptors (Lipinski definition) is 7. The minimum Gasteiger partial charge on any atom is -0.748 e. The van der Waals surface area contributed by atoms with E-state index in [-0.39, 0.29) is 5.75 Å². The molecule has 0 bridgehead atoms. The Morgan fingerprint density at radius 1 is 1.16 bits per heavy atom. The van der Waals surface area contributed by atoms with E-state index in [1.807, 2.05) is 60.1 Å². The topological polar surface area (TPSA) is 89.0 Å². The van der Waals surface area contributed by atoms with E-state index >= 15 is 0 Å². The molecule has 0 aliphatic carbocycles. The zero-order valence-electron chi connectivity index (χ0n) is 14.5. The molecule has 0 saturated heterocycles. The number of nitrogens with zero attached hydrogens (tertiary/aromatic N) is 4. The minimum absolute atomic E-state index is 0.328. The van der Waals surface area contributed by atoms with Crippen LogP contribution in [0.3, 0.4) is 0 Å². The van der Waals surface area contributed by atoms with Gasteiger partial charge in [-0.3, -0.25) is 0 Å². The smallest absolute Gasteiger partial charge is 0.408 e. The zero-order chi connectivity index (χ0) is 18.4. The first-order valence-electron chi connectivity index (χ1n) is 7.87. The van der Waals surface area contributed by atoms with Crippen LogP contribution < -0.4 is 9.47 Å². The van der Waals surface area contributed by atoms with Gasteiger partial charge < -0.3 is 9.45 Å². The summed E-state index contributed by atoms with van der Waals surface area (Å²) in [6.45, 7) is 2.57. The first kappa shape index (κ1) is 19.5. The Morgan fingerprint density at radius 3 is 2.44 bits per heavy atom. The van der Waals surface area contributed by atoms with Gasteiger partial charge in [-0.05, 0) is 60.5 Å². The van der Waals surface area contributed by atoms with Crippen LogP contribution in [0.4, 0.5) is 16.5 Å². The molecule has 0 atom stereocenters. The van der Waals surface area contributed by atoms with E-state index in [0.29, 0.717) is 19.4 Å². The van der Waals surface area contributed by atoms with Crippen LogP contribution in [0.25, 0.3) is 0 Å². The zero-order valence-corrected chi connectivity index (χ0v) is 16.2. The summed E-state index contributed by atoms with van der Waals surface area (Å²) in [5, 5.41) is 11.3. The van der Waals surface area contributed by atoms with Crippen LogP contribution in [0.1, 0.15) is 18.5 Å². The first-order chi connectivity index (χ1) is 11.8. The molecular formula is C16H22N4O3S2. The summed E-state index contributed by atoms with van der Waals surface area (Å²) in [6.07, 6.45) is 0.945. The van der Waals surface area contributed by atoms with Gasteiger partial charge in [-0.2, -0.15) is 0 Å². The maximum Gasteiger partial charge on any atom is 0.408 e. The van der Waals surface area contributed by atoms with E-state index in [0.717, 1.165) is 22.2 Å². The molecule has 0 N–H and O–H groups in total. The second-order valence-electron chi connectivity index (χ2n) is 5.89. The van der Waals surface area contributed by atoms with Crippen LogP contribution in [0.15, 0.2) is 39.9 Å². The number of benzene rings is 1. The summed E-state index contributed by atoms with van der Waals surface area (Å²) in [7, 11) is -0.187. The lowest BCUT2D eigenvalue weighted by Crippen LogP contribution is -2.34. The maximum atomic E-state index is 10.7. The SMILES string of the molecule is Cc1csc(/N=N/c2ccc(N(C)C)cc2)[n+]1CCCCS(=O)(=O)[O-]. The fraction of sp³-hybridized carbons (Fsp3) is 0.438. The third-order valence-electron chi connectivity index (χ3n) is 3.63. The molecule has 1 aromatic carbocycles. The third kappa shape index (κ3) is 6.18. The second-order valence-corrected chi connectivity index (χ2v) is 8.25. The van der Waals surface area contributed by atoms with Crippen LogP contribution in [-0.4, -0.2) is 32.8 Å². The van der Waals surface area contributed by atoms with Crippen molar-refractivity contribution in [3.63, 3.8) is 0 Å². The molecular weight excluding hydrogens is 360 g/mol. The molecule has 0 aliphatic rings. The van der Waals surface area contributed by atoms with Crippen molar-refractivity contribution in [2.75, 3.05) is 24.7 Å². The highest BCUT2D eigenvalue weighted by Gasteiger charge is 2.16. The molecule has 0 radical (unpaired) electrons. The third-order valence-corrected chi connectivity index (χ3v) is 5.40. The van der Waals surface area contributed by atoms with Crippen LogP contribution in [0.2, 0.25) is 0 Å². The molecule has 2 rings (SSSR count). The average Bonchev–Trinajstić information content (AvgIpc) is 2.89. The average molecular weight is 383 g/mol. The molecule has 0 unspecified atom stereocenters. The van der Waals surface area contributed by atoms with E-state index in [4.69, 9.17) is 0 Å². The molecule has 2 aromatic rings. The van der Waals surface area contributed by atoms with E-state index in [1.54, 1.807) is 0 Å². The van der Waals surface area contributed by atoms with Crippen LogP contribution in [-0.2, 0) is 16.7 Å². The summed E-state index contributed by atoms with van der Waals surface area (Å²) in [4.78, 5) is 2.01. The molecule has 0 aliphatic heterocycles. The van der Waals surface area contributed by atoms with E-state index in [9.17, 15) is 13.0 Å². The van der Waals surface area contributed by atoms with Gasteiger partial charge in [0.05, 0.1) is 21.8 Å². The highest BCUT2D eigenvalue weighted by molar-refractivity contribution is 7.85. The molecule has 25 heavy (non-hydrogen) atoms. The Kier molecular flexibility index (Phi) is 6.63. The van der Waals surface area contributed by atoms with Crippen molar-refractivity contribution in [1.29, 1.82) is 0 Å². The van der Waals surface area contributed by atoms with Gasteiger partial charge in [0.1, 0.15) is 11.4 Å². The van der Waals surface area contributed by atoms with Gasteiger partial charge in [0.2, 0.25) is 0 Å². The number of thiazole rings is 1. The van der Waals surface area contributed by atoms with Crippen molar-refractivity contribution < 1.29 is 17.5 Å². The predicted molar refractivity (Wildman–Crippen MR) is 98.0 cm³/mol. The predicted octanol–water partition coefficient (Wildman–Crippen LogP) is 3.15. The van der Waals surface area contributed by atoms with Crippen molar-refractivity contribution in [3.8, 4) is 0 Å². The number of rotatable bonds is 8. The Balaban J connectivity index is 2.02. The molecule has 136 valence electrons. The monoisotopic (exact) mass is 382 g/mol. The highest BCUT2D eigenvalue weighted by atomic mass is 32.2. The van der Waals surface area contributed by atoms with Crippen molar-refractivity contribution in [2.24, 2.45) is 10.2 Å². The summed E-state index contributed by atoms with van der Waals surface area (Å²) in [6, 6.07) is 7.77. The number of anilines is 1. The van der Waals surface area contributed by atoms with Gasteiger partial charge in [0, 0.05) is 30.9 Å². The Bertz CT molecular complexity index is 828. The van der Waals surface area contributed by atoms with Gasteiger partial charge in [0.15, 0.2) is 0 Å². The van der Waals surface area contributed by atoms with Crippen LogP contribution in [0, 0.1) is 6.92 Å². The minimum atomic E-state index is -4.14. The molecule has 1 heterocycles. The fourth-order valence-electron chi connectivity index (χ4n) is 2.23. The second kappa shape index (κ2) is 8.50. The summed E-state index contributed by atoms with van der Waals surface area (Å²) >= 11 is 1.48. The summed E-state index contributed by atoms with van der Waals surface area (Å²) < 4.78 is 34.0. The van der Waals surface area contributed by atoms with Crippen LogP contribution in [0.5, 0.6) is 0 Å². The number of unbranched alkanes of at least 4 members (excludes halogenated alkanes) is 1. The molecule has 0 amide bonds. The van der Waals surface area contributed by atoms with Crippen LogP contribution >= 0.6 is 11.3 Å². The molecule has 0 saturated carbocycles. The van der Waals surface area contributed by atoms with Crippen molar-refractivity contribution in [1.82, 2.24) is 0 Å². The highest BCUT2D eigenvalue weighted by Crippen LogP contribution is 2.23. The number of hydrogen-bond donors (Lipinski definition) is 0. The van der Waals surface area contributed by atoms with Gasteiger partial charge in [-0.1, -0.05) is 0 Å². The van der Waals surface area contributed by atoms with Crippen molar-refractivity contribution >= 4 is 38.0 Å². The lowest BCUT2D eigenvalue weighted by Gasteiger charge is -2.11. The molecule has 1 aromatic heterocycles. The van der Waals surface area contributed by atoms with Gasteiger partial charge >= 0.3 is 5.13 Å². The van der Waals surface area contributed by atoms with E-state index in [1.165, 1.54) is 11.3 Å². The molecule has 0 fully saturated rings. The summed E-state index contributed by atoms with van der Waals surface area (Å²) in [5.41, 5.74) is 2.89. The molecule has 0 spiro atoms. The molecule has 9 heteroatoms. The normalized spacial score (nSPS) is 12.0. The fourth-order valence-corrected chi connectivity index (χ4v) is 3.64. The summed E-state index contributed by atoms with van der Waals surface area (Å²) in [5.74, 6) is -0.328. The number of azo groups is 1. The molecule has 7 nitrogen and oxygen atoms in total. The van der Waals surface area contributed by atoms with Gasteiger partial charge in [-0.25, -0.2) is 13.0 Å². The quantitative estimate of drug-likeness (QED) is 0.304. The van der Waals surface area contributed by atoms with Gasteiger partial charge in [0.25, 0.3) is 0 Å². The van der Waals surface area contributed by atoms with E-state index < -0.39 is 10.1 Å². The van der Waals surface area contributed by atoms with Gasteiger partial charge in [-0.15, -0.1) is 0 Å². The number of aromatic nitrogens is 1. The Labute approximate surface area is 152 Å². The lowest BCUT2D eigenvalue weighted by molar-refractivity contribution is -0.686. The number of aryl methyl sites for hydroxylation is 1. The Morgan fingerprint density at radius 2 is 1.84 bits per heavy atom. The largest absolute Gasteiger partial charge is 0.748 e. The lowest BCUT2D eigenvalue weighted by atomic mass is 10.3. The van der Waals surface area contributed by atoms with Crippen molar-refractivity contribution in [2.45, 2.75) is 26.3 Å². The Hall–Kier alpha value is -1.84. The standard InChI is InChI=1S/C16H22N4O3S2/c1-13-12-24-16(20(13)10-4-5-11-25(21,22)23)18-17-14-6-8-15(9-7-14)19(2)3/h6-9,12H,4-5,10-11H2,1-3H3. The van der Waals surface area contributed by atoms with Crippen molar-refractivity contribution in [3.05, 3.63) is 35.3 Å². The van der Waals surface area contributed by atoms with E-state index in [2.05, 4.69) is 10.2 Å². The first-order valence-corrected chi connectivity index (χ1v) is 10.3.